The molecule has 1 fully saturated rings. The average molecular weight is 340 g/mol. The zero-order valence-corrected chi connectivity index (χ0v) is 16.2. The van der Waals surface area contributed by atoms with Crippen molar-refractivity contribution in [2.24, 2.45) is 4.99 Å². The molecule has 1 amide bonds. The minimum atomic E-state index is -0.207. The molecule has 1 atom stereocenters. The second-order valence-corrected chi connectivity index (χ2v) is 7.74. The van der Waals surface area contributed by atoms with Crippen molar-refractivity contribution in [3.63, 3.8) is 0 Å². The summed E-state index contributed by atoms with van der Waals surface area (Å²) in [6.45, 7) is 11.8. The lowest BCUT2D eigenvalue weighted by atomic mass is 10.0. The van der Waals surface area contributed by atoms with Crippen LogP contribution in [0.15, 0.2) is 4.99 Å². The van der Waals surface area contributed by atoms with E-state index in [-0.39, 0.29) is 18.0 Å². The van der Waals surface area contributed by atoms with E-state index in [1.54, 1.807) is 7.05 Å². The number of rotatable bonds is 7. The largest absolute Gasteiger partial charge is 0.356 e. The Labute approximate surface area is 147 Å². The molecule has 6 heteroatoms. The van der Waals surface area contributed by atoms with Gasteiger partial charge in [-0.25, -0.2) is 0 Å². The number of carbonyl (C=O) groups is 1. The van der Waals surface area contributed by atoms with E-state index in [4.69, 9.17) is 0 Å². The van der Waals surface area contributed by atoms with Crippen LogP contribution in [0.1, 0.15) is 59.8 Å². The van der Waals surface area contributed by atoms with Crippen molar-refractivity contribution >= 4 is 11.9 Å². The normalized spacial score (nSPS) is 19.9. The molecule has 0 aromatic carbocycles. The number of piperidine rings is 1. The first-order valence-electron chi connectivity index (χ1n) is 9.31. The van der Waals surface area contributed by atoms with Gasteiger partial charge in [-0.2, -0.15) is 0 Å². The van der Waals surface area contributed by atoms with E-state index in [0.29, 0.717) is 5.96 Å². The molecule has 0 aromatic heterocycles. The number of hydrogen-bond acceptors (Lipinski definition) is 3. The summed E-state index contributed by atoms with van der Waals surface area (Å²) >= 11 is 0. The van der Waals surface area contributed by atoms with Gasteiger partial charge >= 0.3 is 0 Å². The molecule has 0 aromatic rings. The number of nitrogens with zero attached hydrogens (tertiary/aromatic N) is 2. The SMILES string of the molecule is CN=C(NCCCCN1CCCCC1C)NCC(=O)NC(C)(C)C. The molecular formula is C18H37N5O. The molecule has 3 N–H and O–H groups in total. The third-order valence-corrected chi connectivity index (χ3v) is 4.26. The molecule has 24 heavy (non-hydrogen) atoms. The number of amides is 1. The number of unbranched alkanes of at least 4 members (excludes halogenated alkanes) is 1. The van der Waals surface area contributed by atoms with Gasteiger partial charge in [0.25, 0.3) is 0 Å². The topological polar surface area (TPSA) is 68.8 Å². The van der Waals surface area contributed by atoms with Gasteiger partial charge in [-0.1, -0.05) is 6.42 Å². The van der Waals surface area contributed by atoms with Gasteiger partial charge in [0.15, 0.2) is 5.96 Å². The third kappa shape index (κ3) is 9.11. The highest BCUT2D eigenvalue weighted by Gasteiger charge is 2.17. The predicted octanol–water partition coefficient (Wildman–Crippen LogP) is 1.72. The van der Waals surface area contributed by atoms with Crippen LogP contribution in [0.3, 0.4) is 0 Å². The molecule has 0 saturated carbocycles. The van der Waals surface area contributed by atoms with Crippen LogP contribution in [0.5, 0.6) is 0 Å². The van der Waals surface area contributed by atoms with Crippen molar-refractivity contribution in [2.75, 3.05) is 33.2 Å². The molecule has 1 rings (SSSR count). The number of carbonyl (C=O) groups excluding carboxylic acids is 1. The first-order chi connectivity index (χ1) is 11.3. The highest BCUT2D eigenvalue weighted by atomic mass is 16.2. The second-order valence-electron chi connectivity index (χ2n) is 7.74. The first-order valence-corrected chi connectivity index (χ1v) is 9.31. The van der Waals surface area contributed by atoms with Crippen molar-refractivity contribution < 1.29 is 4.79 Å². The maximum Gasteiger partial charge on any atom is 0.239 e. The Kier molecular flexibility index (Phi) is 9.11. The average Bonchev–Trinajstić information content (AvgIpc) is 2.50. The van der Waals surface area contributed by atoms with Crippen molar-refractivity contribution in [1.29, 1.82) is 0 Å². The van der Waals surface area contributed by atoms with E-state index in [2.05, 4.69) is 32.8 Å². The maximum absolute atomic E-state index is 11.8. The quantitative estimate of drug-likeness (QED) is 0.375. The predicted molar refractivity (Wildman–Crippen MR) is 101 cm³/mol. The number of nitrogens with one attached hydrogen (secondary N) is 3. The van der Waals surface area contributed by atoms with E-state index in [1.807, 2.05) is 20.8 Å². The van der Waals surface area contributed by atoms with Gasteiger partial charge in [-0.3, -0.25) is 9.79 Å². The summed E-state index contributed by atoms with van der Waals surface area (Å²) in [5, 5.41) is 9.26. The standard InChI is InChI=1S/C18H37N5O/c1-15-10-6-8-12-23(15)13-9-7-11-20-17(19-5)21-14-16(24)22-18(2,3)4/h15H,6-14H2,1-5H3,(H,22,24)(H2,19,20,21). The fourth-order valence-corrected chi connectivity index (χ4v) is 2.98. The van der Waals surface area contributed by atoms with Gasteiger partial charge in [-0.05, 0) is 66.5 Å². The molecule has 0 radical (unpaired) electrons. The summed E-state index contributed by atoms with van der Waals surface area (Å²) in [5.74, 6) is 0.662. The van der Waals surface area contributed by atoms with Crippen molar-refractivity contribution in [3.05, 3.63) is 0 Å². The monoisotopic (exact) mass is 339 g/mol. The van der Waals surface area contributed by atoms with E-state index >= 15 is 0 Å². The summed E-state index contributed by atoms with van der Waals surface area (Å²) < 4.78 is 0. The van der Waals surface area contributed by atoms with Crippen LogP contribution in [0, 0.1) is 0 Å². The Balaban J connectivity index is 2.12. The molecule has 0 spiro atoms. The van der Waals surface area contributed by atoms with Crippen LogP contribution in [-0.4, -0.2) is 61.6 Å². The van der Waals surface area contributed by atoms with Gasteiger partial charge in [-0.15, -0.1) is 0 Å². The number of likely N-dealkylation sites (tertiary alicyclic amines) is 1. The Hall–Kier alpha value is -1.30. The van der Waals surface area contributed by atoms with Crippen LogP contribution < -0.4 is 16.0 Å². The number of guanidine groups is 1. The molecule has 6 nitrogen and oxygen atoms in total. The van der Waals surface area contributed by atoms with E-state index in [0.717, 1.165) is 19.0 Å². The summed E-state index contributed by atoms with van der Waals surface area (Å²) in [5.41, 5.74) is -0.207. The Bertz CT molecular complexity index is 403. The van der Waals surface area contributed by atoms with Gasteiger partial charge < -0.3 is 20.9 Å². The lowest BCUT2D eigenvalue weighted by Crippen LogP contribution is -2.48. The fourth-order valence-electron chi connectivity index (χ4n) is 2.98. The summed E-state index contributed by atoms with van der Waals surface area (Å²) in [6, 6.07) is 0.738. The maximum atomic E-state index is 11.8. The van der Waals surface area contributed by atoms with Gasteiger partial charge in [0, 0.05) is 25.2 Å². The first kappa shape index (κ1) is 20.7. The molecule has 1 aliphatic heterocycles. The minimum Gasteiger partial charge on any atom is -0.356 e. The Morgan fingerprint density at radius 1 is 1.21 bits per heavy atom. The summed E-state index contributed by atoms with van der Waals surface area (Å²) in [4.78, 5) is 18.6. The van der Waals surface area contributed by atoms with Crippen LogP contribution in [-0.2, 0) is 4.79 Å². The van der Waals surface area contributed by atoms with Crippen LogP contribution in [0.2, 0.25) is 0 Å². The van der Waals surface area contributed by atoms with Crippen LogP contribution >= 0.6 is 0 Å². The molecule has 1 heterocycles. The van der Waals surface area contributed by atoms with Crippen molar-refractivity contribution in [2.45, 2.75) is 71.4 Å². The van der Waals surface area contributed by atoms with Crippen LogP contribution in [0.25, 0.3) is 0 Å². The molecule has 1 unspecified atom stereocenters. The van der Waals surface area contributed by atoms with Crippen molar-refractivity contribution in [1.82, 2.24) is 20.9 Å². The van der Waals surface area contributed by atoms with E-state index in [9.17, 15) is 4.79 Å². The van der Waals surface area contributed by atoms with Crippen LogP contribution in [0.4, 0.5) is 0 Å². The fraction of sp³-hybridized carbons (Fsp3) is 0.889. The smallest absolute Gasteiger partial charge is 0.239 e. The summed E-state index contributed by atoms with van der Waals surface area (Å²) in [6.07, 6.45) is 6.36. The molecule has 1 saturated heterocycles. The zero-order valence-electron chi connectivity index (χ0n) is 16.2. The number of hydrogen-bond donors (Lipinski definition) is 3. The van der Waals surface area contributed by atoms with Crippen molar-refractivity contribution in [3.8, 4) is 0 Å². The minimum absolute atomic E-state index is 0.0236. The lowest BCUT2D eigenvalue weighted by molar-refractivity contribution is -0.121. The molecular weight excluding hydrogens is 302 g/mol. The van der Waals surface area contributed by atoms with E-state index in [1.165, 1.54) is 38.8 Å². The Morgan fingerprint density at radius 3 is 2.58 bits per heavy atom. The van der Waals surface area contributed by atoms with E-state index < -0.39 is 0 Å². The molecule has 1 aliphatic rings. The molecule has 0 bridgehead atoms. The number of aliphatic imine (C=N–C) groups is 1. The van der Waals surface area contributed by atoms with Gasteiger partial charge in [0.1, 0.15) is 0 Å². The Morgan fingerprint density at radius 2 is 1.96 bits per heavy atom. The zero-order chi connectivity index (χ0) is 18.0. The second kappa shape index (κ2) is 10.5. The third-order valence-electron chi connectivity index (χ3n) is 4.26. The lowest BCUT2D eigenvalue weighted by Gasteiger charge is -2.33. The molecule has 140 valence electrons. The van der Waals surface area contributed by atoms with Gasteiger partial charge in [0.2, 0.25) is 5.91 Å². The van der Waals surface area contributed by atoms with Gasteiger partial charge in [0.05, 0.1) is 6.54 Å². The summed E-state index contributed by atoms with van der Waals surface area (Å²) in [7, 11) is 1.73. The molecule has 0 aliphatic carbocycles. The highest BCUT2D eigenvalue weighted by Crippen LogP contribution is 2.16. The highest BCUT2D eigenvalue weighted by molar-refractivity contribution is 5.86.